The number of nitrogen functional groups attached to an aromatic ring is 1. The number of likely N-dealkylation sites (N-methyl/N-ethyl adjacent to an activating group) is 1. The van der Waals surface area contributed by atoms with Gasteiger partial charge in [0.25, 0.3) is 5.91 Å². The third kappa shape index (κ3) is 3.49. The number of nitrogens with zero attached hydrogens (tertiary/aromatic N) is 6. The molecule has 0 aliphatic carbocycles. The summed E-state index contributed by atoms with van der Waals surface area (Å²) in [6, 6.07) is 4.16. The van der Waals surface area contributed by atoms with Gasteiger partial charge in [0.1, 0.15) is 5.69 Å². The molecule has 0 radical (unpaired) electrons. The molecule has 0 aromatic carbocycles. The Bertz CT molecular complexity index is 973. The Balaban J connectivity index is 1.62. The van der Waals surface area contributed by atoms with Crippen molar-refractivity contribution >= 4 is 28.1 Å². The third-order valence-corrected chi connectivity index (χ3v) is 5.69. The lowest BCUT2D eigenvalue weighted by atomic mass is 10.3. The van der Waals surface area contributed by atoms with Crippen LogP contribution in [0.4, 0.5) is 10.8 Å². The SMILES string of the molecule is CN1CCN(c2ccc(-c3cnc(N)c(-n4cc(C(N)=O)cn4)n3)s2)CC1. The minimum Gasteiger partial charge on any atom is -0.381 e. The normalized spacial score (nSPS) is 15.2. The highest BCUT2D eigenvalue weighted by Crippen LogP contribution is 2.33. The Labute approximate surface area is 160 Å². The van der Waals surface area contributed by atoms with Crippen LogP contribution in [0.5, 0.6) is 0 Å². The molecule has 4 N–H and O–H groups in total. The number of amides is 1. The van der Waals surface area contributed by atoms with E-state index in [-0.39, 0.29) is 11.4 Å². The van der Waals surface area contributed by atoms with E-state index in [1.807, 2.05) is 6.07 Å². The topological polar surface area (TPSA) is 119 Å². The van der Waals surface area contributed by atoms with E-state index in [0.29, 0.717) is 11.5 Å². The number of carbonyl (C=O) groups is 1. The number of anilines is 2. The highest BCUT2D eigenvalue weighted by molar-refractivity contribution is 7.19. The maximum Gasteiger partial charge on any atom is 0.251 e. The van der Waals surface area contributed by atoms with Gasteiger partial charge in [0.05, 0.1) is 27.8 Å². The van der Waals surface area contributed by atoms with Crippen molar-refractivity contribution in [3.8, 4) is 16.4 Å². The van der Waals surface area contributed by atoms with Gasteiger partial charge in [-0.3, -0.25) is 4.79 Å². The molecule has 0 spiro atoms. The van der Waals surface area contributed by atoms with Crippen molar-refractivity contribution in [2.75, 3.05) is 43.9 Å². The molecule has 1 aliphatic rings. The molecule has 4 heterocycles. The van der Waals surface area contributed by atoms with Crippen LogP contribution in [-0.4, -0.2) is 63.8 Å². The maximum atomic E-state index is 11.3. The molecular formula is C17H20N8OS. The number of aromatic nitrogens is 4. The van der Waals surface area contributed by atoms with Gasteiger partial charge < -0.3 is 21.3 Å². The summed E-state index contributed by atoms with van der Waals surface area (Å²) in [6.45, 7) is 4.14. The van der Waals surface area contributed by atoms with Crippen molar-refractivity contribution in [3.05, 3.63) is 36.3 Å². The molecule has 1 amide bonds. The van der Waals surface area contributed by atoms with Crippen LogP contribution in [0.25, 0.3) is 16.4 Å². The molecule has 1 fully saturated rings. The summed E-state index contributed by atoms with van der Waals surface area (Å²) in [7, 11) is 2.14. The smallest absolute Gasteiger partial charge is 0.251 e. The van der Waals surface area contributed by atoms with Crippen molar-refractivity contribution in [2.45, 2.75) is 0 Å². The lowest BCUT2D eigenvalue weighted by Gasteiger charge is -2.32. The average molecular weight is 384 g/mol. The molecule has 9 nitrogen and oxygen atoms in total. The van der Waals surface area contributed by atoms with Gasteiger partial charge in [0.2, 0.25) is 0 Å². The van der Waals surface area contributed by atoms with E-state index in [0.717, 1.165) is 31.1 Å². The number of piperazine rings is 1. The summed E-state index contributed by atoms with van der Waals surface area (Å²) in [4.78, 5) is 25.8. The van der Waals surface area contributed by atoms with Crippen molar-refractivity contribution < 1.29 is 4.79 Å². The molecule has 27 heavy (non-hydrogen) atoms. The van der Waals surface area contributed by atoms with E-state index >= 15 is 0 Å². The van der Waals surface area contributed by atoms with E-state index in [9.17, 15) is 4.79 Å². The van der Waals surface area contributed by atoms with Crippen molar-refractivity contribution in [3.63, 3.8) is 0 Å². The highest BCUT2D eigenvalue weighted by atomic mass is 32.1. The van der Waals surface area contributed by atoms with Crippen LogP contribution in [0.15, 0.2) is 30.7 Å². The lowest BCUT2D eigenvalue weighted by molar-refractivity contribution is 0.100. The standard InChI is InChI=1S/C17H20N8OS/c1-23-4-6-24(7-5-23)14-3-2-13(27-14)12-9-20-15(18)17(22-12)25-10-11(8-21-25)16(19)26/h2-3,8-10H,4-7H2,1H3,(H2,18,20)(H2,19,26). The summed E-state index contributed by atoms with van der Waals surface area (Å²) in [5.41, 5.74) is 12.2. The van der Waals surface area contributed by atoms with Crippen LogP contribution >= 0.6 is 11.3 Å². The number of carbonyl (C=O) groups excluding carboxylic acids is 1. The second kappa shape index (κ2) is 6.97. The summed E-state index contributed by atoms with van der Waals surface area (Å²) in [5, 5.41) is 5.33. The van der Waals surface area contributed by atoms with Gasteiger partial charge in [-0.25, -0.2) is 14.6 Å². The molecule has 1 aliphatic heterocycles. The second-order valence-corrected chi connectivity index (χ2v) is 7.49. The Hall–Kier alpha value is -2.98. The predicted octanol–water partition coefficient (Wildman–Crippen LogP) is 0.824. The predicted molar refractivity (Wildman–Crippen MR) is 105 cm³/mol. The van der Waals surface area contributed by atoms with Gasteiger partial charge in [0.15, 0.2) is 11.6 Å². The molecule has 0 unspecified atom stereocenters. The third-order valence-electron chi connectivity index (χ3n) is 4.52. The fourth-order valence-corrected chi connectivity index (χ4v) is 3.92. The molecule has 0 atom stereocenters. The minimum absolute atomic E-state index is 0.230. The summed E-state index contributed by atoms with van der Waals surface area (Å²) >= 11 is 1.67. The number of nitrogens with two attached hydrogens (primary N) is 2. The molecule has 1 saturated heterocycles. The Morgan fingerprint density at radius 1 is 1.19 bits per heavy atom. The molecule has 140 valence electrons. The van der Waals surface area contributed by atoms with Gasteiger partial charge in [-0.1, -0.05) is 0 Å². The van der Waals surface area contributed by atoms with E-state index in [1.165, 1.54) is 22.1 Å². The van der Waals surface area contributed by atoms with E-state index in [2.05, 4.69) is 38.0 Å². The zero-order chi connectivity index (χ0) is 19.0. The van der Waals surface area contributed by atoms with Crippen molar-refractivity contribution in [2.24, 2.45) is 5.73 Å². The Morgan fingerprint density at radius 3 is 2.67 bits per heavy atom. The zero-order valence-electron chi connectivity index (χ0n) is 14.9. The molecule has 3 aromatic heterocycles. The Kier molecular flexibility index (Phi) is 4.50. The first-order chi connectivity index (χ1) is 13.0. The summed E-state index contributed by atoms with van der Waals surface area (Å²) in [5.74, 6) is 0.0438. The number of rotatable bonds is 4. The molecule has 0 saturated carbocycles. The van der Waals surface area contributed by atoms with Crippen LogP contribution in [-0.2, 0) is 0 Å². The number of primary amides is 1. The van der Waals surface area contributed by atoms with Crippen molar-refractivity contribution in [1.29, 1.82) is 0 Å². The number of thiophene rings is 1. The summed E-state index contributed by atoms with van der Waals surface area (Å²) in [6.07, 6.45) is 4.53. The van der Waals surface area contributed by atoms with Crippen LogP contribution in [0.2, 0.25) is 0 Å². The number of hydrogen-bond donors (Lipinski definition) is 2. The quantitative estimate of drug-likeness (QED) is 0.683. The average Bonchev–Trinajstić information content (AvgIpc) is 3.33. The molecule has 4 rings (SSSR count). The fourth-order valence-electron chi connectivity index (χ4n) is 2.90. The first kappa shape index (κ1) is 17.4. The number of hydrogen-bond acceptors (Lipinski definition) is 8. The van der Waals surface area contributed by atoms with Gasteiger partial charge >= 0.3 is 0 Å². The molecule has 10 heteroatoms. The van der Waals surface area contributed by atoms with Crippen LogP contribution in [0, 0.1) is 0 Å². The van der Waals surface area contributed by atoms with E-state index < -0.39 is 5.91 Å². The first-order valence-corrected chi connectivity index (χ1v) is 9.34. The van der Waals surface area contributed by atoms with Gasteiger partial charge in [-0.2, -0.15) is 5.10 Å². The van der Waals surface area contributed by atoms with E-state index in [1.54, 1.807) is 17.5 Å². The van der Waals surface area contributed by atoms with Crippen LogP contribution < -0.4 is 16.4 Å². The Morgan fingerprint density at radius 2 is 1.96 bits per heavy atom. The van der Waals surface area contributed by atoms with Gasteiger partial charge in [0, 0.05) is 32.4 Å². The first-order valence-electron chi connectivity index (χ1n) is 8.52. The molecule has 3 aromatic rings. The fraction of sp³-hybridized carbons (Fsp3) is 0.294. The van der Waals surface area contributed by atoms with E-state index in [4.69, 9.17) is 11.5 Å². The highest BCUT2D eigenvalue weighted by Gasteiger charge is 2.17. The van der Waals surface area contributed by atoms with Gasteiger partial charge in [-0.15, -0.1) is 11.3 Å². The van der Waals surface area contributed by atoms with Gasteiger partial charge in [-0.05, 0) is 19.2 Å². The molecule has 0 bridgehead atoms. The zero-order valence-corrected chi connectivity index (χ0v) is 15.7. The maximum absolute atomic E-state index is 11.3. The molecular weight excluding hydrogens is 364 g/mol. The van der Waals surface area contributed by atoms with Crippen LogP contribution in [0.3, 0.4) is 0 Å². The monoisotopic (exact) mass is 384 g/mol. The van der Waals surface area contributed by atoms with Crippen molar-refractivity contribution in [1.82, 2.24) is 24.6 Å². The largest absolute Gasteiger partial charge is 0.381 e. The minimum atomic E-state index is -0.556. The second-order valence-electron chi connectivity index (χ2n) is 6.43. The summed E-state index contributed by atoms with van der Waals surface area (Å²) < 4.78 is 1.42. The lowest BCUT2D eigenvalue weighted by Crippen LogP contribution is -2.44. The van der Waals surface area contributed by atoms with Crippen LogP contribution in [0.1, 0.15) is 10.4 Å².